The third kappa shape index (κ3) is 5.98. The highest BCUT2D eigenvalue weighted by Gasteiger charge is 2.17. The molecule has 0 spiro atoms. The highest BCUT2D eigenvalue weighted by Crippen LogP contribution is 2.29. The number of nitro groups is 1. The number of rotatable bonds is 7. The minimum atomic E-state index is -0.745. The Labute approximate surface area is 131 Å². The Bertz CT molecular complexity index is 541. The van der Waals surface area contributed by atoms with Crippen LogP contribution in [-0.4, -0.2) is 35.6 Å². The number of hydrogen-bond donors (Lipinski definition) is 3. The summed E-state index contributed by atoms with van der Waals surface area (Å²) in [5, 5.41) is 13.5. The summed E-state index contributed by atoms with van der Waals surface area (Å²) in [6.07, 6.45) is 0. The molecule has 5 N–H and O–H groups in total. The highest BCUT2D eigenvalue weighted by atomic mass is 35.5. The van der Waals surface area contributed by atoms with Gasteiger partial charge in [0.2, 0.25) is 11.8 Å². The van der Waals surface area contributed by atoms with Gasteiger partial charge in [-0.05, 0) is 12.1 Å². The number of nitro benzene ring substituents is 1. The number of carbonyl (C=O) groups is 2. The fourth-order valence-corrected chi connectivity index (χ4v) is 2.18. The van der Waals surface area contributed by atoms with Gasteiger partial charge in [-0.1, -0.05) is 0 Å². The van der Waals surface area contributed by atoms with E-state index >= 15 is 0 Å². The van der Waals surface area contributed by atoms with E-state index < -0.39 is 10.8 Å². The predicted molar refractivity (Wildman–Crippen MR) is 81.7 cm³/mol. The van der Waals surface area contributed by atoms with Gasteiger partial charge in [-0.15, -0.1) is 24.2 Å². The Morgan fingerprint density at radius 3 is 2.57 bits per heavy atom. The summed E-state index contributed by atoms with van der Waals surface area (Å²) in [5.74, 6) is -0.990. The summed E-state index contributed by atoms with van der Waals surface area (Å²) in [4.78, 5) is 33.0. The van der Waals surface area contributed by atoms with E-state index in [2.05, 4.69) is 5.32 Å². The van der Waals surface area contributed by atoms with Gasteiger partial charge >= 0.3 is 0 Å². The number of hydrogen-bond acceptors (Lipinski definition) is 6. The number of nitrogens with two attached hydrogens (primary N) is 2. The lowest BCUT2D eigenvalue weighted by Crippen LogP contribution is -2.30. The first-order chi connectivity index (χ1) is 9.45. The second kappa shape index (κ2) is 9.16. The van der Waals surface area contributed by atoms with E-state index in [-0.39, 0.29) is 35.3 Å². The minimum absolute atomic E-state index is 0. The number of amides is 2. The van der Waals surface area contributed by atoms with Crippen molar-refractivity contribution < 1.29 is 14.5 Å². The molecule has 0 unspecified atom stereocenters. The molecule has 8 nitrogen and oxygen atoms in total. The maximum Gasteiger partial charge on any atom is 0.283 e. The Morgan fingerprint density at radius 1 is 1.38 bits per heavy atom. The van der Waals surface area contributed by atoms with E-state index in [1.807, 2.05) is 0 Å². The van der Waals surface area contributed by atoms with Gasteiger partial charge in [0.1, 0.15) is 0 Å². The average Bonchev–Trinajstić information content (AvgIpc) is 2.42. The number of halogens is 1. The minimum Gasteiger partial charge on any atom is -0.366 e. The zero-order valence-corrected chi connectivity index (χ0v) is 12.5. The molecule has 0 aliphatic heterocycles. The molecule has 1 aromatic carbocycles. The van der Waals surface area contributed by atoms with Crippen LogP contribution >= 0.6 is 24.2 Å². The predicted octanol–water partition coefficient (Wildman–Crippen LogP) is 0.283. The van der Waals surface area contributed by atoms with Crippen LogP contribution in [0.2, 0.25) is 0 Å². The van der Waals surface area contributed by atoms with E-state index in [0.717, 1.165) is 17.8 Å². The molecule has 1 aromatic rings. The van der Waals surface area contributed by atoms with Crippen molar-refractivity contribution in [2.45, 2.75) is 4.90 Å². The lowest BCUT2D eigenvalue weighted by molar-refractivity contribution is -0.387. The van der Waals surface area contributed by atoms with Crippen LogP contribution in [0.1, 0.15) is 10.4 Å². The SMILES string of the molecule is Cl.NCCNC(=O)CSc1ccc(C(N)=O)cc1[N+](=O)[O-]. The van der Waals surface area contributed by atoms with Crippen molar-refractivity contribution in [3.05, 3.63) is 33.9 Å². The number of primary amides is 1. The smallest absolute Gasteiger partial charge is 0.283 e. The summed E-state index contributed by atoms with van der Waals surface area (Å²) in [6, 6.07) is 3.89. The molecule has 0 fully saturated rings. The Balaban J connectivity index is 0.00000400. The molecule has 0 atom stereocenters. The van der Waals surface area contributed by atoms with Crippen LogP contribution < -0.4 is 16.8 Å². The van der Waals surface area contributed by atoms with Crippen LogP contribution in [0.25, 0.3) is 0 Å². The van der Waals surface area contributed by atoms with Crippen LogP contribution in [0.5, 0.6) is 0 Å². The van der Waals surface area contributed by atoms with Crippen LogP contribution in [0, 0.1) is 10.1 Å². The van der Waals surface area contributed by atoms with Crippen molar-refractivity contribution in [2.24, 2.45) is 11.5 Å². The first-order valence-corrected chi connectivity index (χ1v) is 6.62. The van der Waals surface area contributed by atoms with Crippen LogP contribution in [0.4, 0.5) is 5.69 Å². The lowest BCUT2D eigenvalue weighted by atomic mass is 10.2. The quantitative estimate of drug-likeness (QED) is 0.371. The van der Waals surface area contributed by atoms with Gasteiger partial charge in [-0.25, -0.2) is 0 Å². The van der Waals surface area contributed by atoms with E-state index in [9.17, 15) is 19.7 Å². The van der Waals surface area contributed by atoms with Gasteiger partial charge in [0, 0.05) is 24.7 Å². The first kappa shape index (κ1) is 19.2. The maximum absolute atomic E-state index is 11.4. The summed E-state index contributed by atoms with van der Waals surface area (Å²) in [5.41, 5.74) is 10.1. The molecule has 10 heteroatoms. The van der Waals surface area contributed by atoms with Crippen molar-refractivity contribution in [2.75, 3.05) is 18.8 Å². The number of benzene rings is 1. The van der Waals surface area contributed by atoms with E-state index in [1.54, 1.807) is 0 Å². The third-order valence-corrected chi connectivity index (χ3v) is 3.33. The first-order valence-electron chi connectivity index (χ1n) is 5.63. The number of nitrogens with zero attached hydrogens (tertiary/aromatic N) is 1. The second-order valence-corrected chi connectivity index (χ2v) is 4.75. The Hall–Kier alpha value is -1.84. The number of thioether (sulfide) groups is 1. The fourth-order valence-electron chi connectivity index (χ4n) is 1.34. The zero-order chi connectivity index (χ0) is 15.1. The molecular weight excluding hydrogens is 320 g/mol. The van der Waals surface area contributed by atoms with Crippen LogP contribution in [0.15, 0.2) is 23.1 Å². The summed E-state index contributed by atoms with van der Waals surface area (Å²) in [7, 11) is 0. The van der Waals surface area contributed by atoms with Crippen LogP contribution in [-0.2, 0) is 4.79 Å². The summed E-state index contributed by atoms with van der Waals surface area (Å²) < 4.78 is 0. The van der Waals surface area contributed by atoms with Crippen molar-refractivity contribution in [1.82, 2.24) is 5.32 Å². The molecule has 0 radical (unpaired) electrons. The van der Waals surface area contributed by atoms with Crippen LogP contribution in [0.3, 0.4) is 0 Å². The highest BCUT2D eigenvalue weighted by molar-refractivity contribution is 8.00. The molecule has 2 amide bonds. The summed E-state index contributed by atoms with van der Waals surface area (Å²) in [6.45, 7) is 0.673. The van der Waals surface area contributed by atoms with Gasteiger partial charge in [0.15, 0.2) is 0 Å². The average molecular weight is 335 g/mol. The van der Waals surface area contributed by atoms with Crippen molar-refractivity contribution in [3.8, 4) is 0 Å². The molecule has 0 aromatic heterocycles. The van der Waals surface area contributed by atoms with Gasteiger partial charge in [0.25, 0.3) is 5.69 Å². The molecule has 0 bridgehead atoms. The molecule has 1 rings (SSSR count). The summed E-state index contributed by atoms with van der Waals surface area (Å²) >= 11 is 1.01. The third-order valence-electron chi connectivity index (χ3n) is 2.27. The molecule has 0 aliphatic carbocycles. The fraction of sp³-hybridized carbons (Fsp3) is 0.273. The Kier molecular flexibility index (Phi) is 8.36. The van der Waals surface area contributed by atoms with E-state index in [4.69, 9.17) is 11.5 Å². The van der Waals surface area contributed by atoms with Gasteiger partial charge in [-0.3, -0.25) is 19.7 Å². The van der Waals surface area contributed by atoms with Crippen molar-refractivity contribution in [1.29, 1.82) is 0 Å². The van der Waals surface area contributed by atoms with E-state index in [1.165, 1.54) is 12.1 Å². The van der Waals surface area contributed by atoms with Gasteiger partial charge in [-0.2, -0.15) is 0 Å². The molecule has 0 saturated carbocycles. The maximum atomic E-state index is 11.4. The largest absolute Gasteiger partial charge is 0.366 e. The second-order valence-electron chi connectivity index (χ2n) is 3.73. The normalized spacial score (nSPS) is 9.57. The molecule has 0 heterocycles. The number of nitrogens with one attached hydrogen (secondary N) is 1. The molecule has 21 heavy (non-hydrogen) atoms. The lowest BCUT2D eigenvalue weighted by Gasteiger charge is -2.05. The molecular formula is C11H15ClN4O4S. The number of carbonyl (C=O) groups excluding carboxylic acids is 2. The molecule has 116 valence electrons. The van der Waals surface area contributed by atoms with Crippen molar-refractivity contribution in [3.63, 3.8) is 0 Å². The van der Waals surface area contributed by atoms with Crippen molar-refractivity contribution >= 4 is 41.7 Å². The molecule has 0 aliphatic rings. The standard InChI is InChI=1S/C11H14N4O4S.ClH/c12-3-4-14-10(16)6-20-9-2-1-7(11(13)17)5-8(9)15(18)19;/h1-2,5H,3-4,6,12H2,(H2,13,17)(H,14,16);1H. The molecule has 0 saturated heterocycles. The van der Waals surface area contributed by atoms with Gasteiger partial charge in [0.05, 0.1) is 15.6 Å². The van der Waals surface area contributed by atoms with Gasteiger partial charge < -0.3 is 16.8 Å². The Morgan fingerprint density at radius 2 is 2.05 bits per heavy atom. The topological polar surface area (TPSA) is 141 Å². The zero-order valence-electron chi connectivity index (χ0n) is 10.9. The van der Waals surface area contributed by atoms with E-state index in [0.29, 0.717) is 18.0 Å². The monoisotopic (exact) mass is 334 g/mol.